The minimum Gasteiger partial charge on any atom is -0.0843 e. The normalized spacial score (nSPS) is 13.2. The third-order valence-electron chi connectivity index (χ3n) is 3.74. The SMILES string of the molecule is CC(C)/C=C/c1cc(CC(C)/C=C/c2cccc(Cl)c2)ccc1Cl. The molecule has 0 aliphatic heterocycles. The van der Waals surface area contributed by atoms with Crippen molar-refractivity contribution >= 4 is 35.4 Å². The first kappa shape index (κ1) is 18.8. The van der Waals surface area contributed by atoms with Gasteiger partial charge < -0.3 is 0 Å². The molecule has 0 aliphatic carbocycles. The number of benzene rings is 2. The zero-order chi connectivity index (χ0) is 17.5. The third kappa shape index (κ3) is 6.19. The van der Waals surface area contributed by atoms with Crippen LogP contribution < -0.4 is 0 Å². The maximum atomic E-state index is 6.29. The van der Waals surface area contributed by atoms with E-state index in [9.17, 15) is 0 Å². The molecule has 2 heteroatoms. The van der Waals surface area contributed by atoms with Crippen LogP contribution in [-0.4, -0.2) is 0 Å². The number of allylic oxidation sites excluding steroid dienone is 2. The minimum atomic E-state index is 0.437. The molecule has 0 bridgehead atoms. The quantitative estimate of drug-likeness (QED) is 0.499. The monoisotopic (exact) mass is 358 g/mol. The van der Waals surface area contributed by atoms with Crippen molar-refractivity contribution in [3.8, 4) is 0 Å². The van der Waals surface area contributed by atoms with Crippen molar-refractivity contribution in [2.75, 3.05) is 0 Å². The van der Waals surface area contributed by atoms with Gasteiger partial charge in [0.05, 0.1) is 0 Å². The summed E-state index contributed by atoms with van der Waals surface area (Å²) in [4.78, 5) is 0. The second-order valence-electron chi connectivity index (χ2n) is 6.55. The van der Waals surface area contributed by atoms with Gasteiger partial charge in [-0.05, 0) is 53.1 Å². The molecular weight excluding hydrogens is 335 g/mol. The van der Waals surface area contributed by atoms with Gasteiger partial charge in [-0.2, -0.15) is 0 Å². The Kier molecular flexibility index (Phi) is 7.15. The molecule has 0 spiro atoms. The molecule has 1 atom stereocenters. The van der Waals surface area contributed by atoms with Crippen molar-refractivity contribution in [2.24, 2.45) is 11.8 Å². The highest BCUT2D eigenvalue weighted by Crippen LogP contribution is 2.22. The molecule has 2 rings (SSSR count). The highest BCUT2D eigenvalue weighted by molar-refractivity contribution is 6.32. The van der Waals surface area contributed by atoms with Crippen molar-refractivity contribution in [2.45, 2.75) is 27.2 Å². The van der Waals surface area contributed by atoms with E-state index in [4.69, 9.17) is 23.2 Å². The number of halogens is 2. The van der Waals surface area contributed by atoms with Gasteiger partial charge in [0.1, 0.15) is 0 Å². The summed E-state index contributed by atoms with van der Waals surface area (Å²) in [6, 6.07) is 14.2. The van der Waals surface area contributed by atoms with Crippen molar-refractivity contribution in [1.29, 1.82) is 0 Å². The van der Waals surface area contributed by atoms with Crippen molar-refractivity contribution in [3.63, 3.8) is 0 Å². The first-order valence-electron chi connectivity index (χ1n) is 8.34. The van der Waals surface area contributed by atoms with Crippen molar-refractivity contribution in [1.82, 2.24) is 0 Å². The lowest BCUT2D eigenvalue weighted by atomic mass is 9.98. The van der Waals surface area contributed by atoms with Gasteiger partial charge in [-0.25, -0.2) is 0 Å². The standard InChI is InChI=1S/C22H24Cl2/c1-16(2)7-11-20-14-19(10-12-22(20)24)13-17(3)8-9-18-5-4-6-21(23)15-18/h4-12,14-17H,13H2,1-3H3/b9-8+,11-7+. The van der Waals surface area contributed by atoms with Gasteiger partial charge in [0, 0.05) is 10.0 Å². The summed E-state index contributed by atoms with van der Waals surface area (Å²) in [6.45, 7) is 6.55. The van der Waals surface area contributed by atoms with E-state index in [1.807, 2.05) is 24.3 Å². The van der Waals surface area contributed by atoms with Gasteiger partial charge in [0.2, 0.25) is 0 Å². The fraction of sp³-hybridized carbons (Fsp3) is 0.273. The van der Waals surface area contributed by atoms with E-state index in [0.717, 1.165) is 27.6 Å². The largest absolute Gasteiger partial charge is 0.0843 e. The van der Waals surface area contributed by atoms with Crippen LogP contribution in [0.5, 0.6) is 0 Å². The number of hydrogen-bond acceptors (Lipinski definition) is 0. The predicted molar refractivity (Wildman–Crippen MR) is 109 cm³/mol. The molecule has 2 aromatic carbocycles. The van der Waals surface area contributed by atoms with Gasteiger partial charge in [-0.3, -0.25) is 0 Å². The van der Waals surface area contributed by atoms with Gasteiger partial charge in [0.25, 0.3) is 0 Å². The fourth-order valence-corrected chi connectivity index (χ4v) is 2.85. The van der Waals surface area contributed by atoms with Gasteiger partial charge in [-0.15, -0.1) is 0 Å². The van der Waals surface area contributed by atoms with Gasteiger partial charge >= 0.3 is 0 Å². The van der Waals surface area contributed by atoms with Gasteiger partial charge in [-0.1, -0.05) is 92.5 Å². The molecule has 0 aromatic heterocycles. The summed E-state index contributed by atoms with van der Waals surface area (Å²) in [7, 11) is 0. The van der Waals surface area contributed by atoms with Crippen LogP contribution >= 0.6 is 23.2 Å². The average Bonchev–Trinajstić information content (AvgIpc) is 2.53. The Bertz CT molecular complexity index is 726. The first-order chi connectivity index (χ1) is 11.4. The molecular formula is C22H24Cl2. The lowest BCUT2D eigenvalue weighted by molar-refractivity contribution is 0.727. The molecule has 2 aromatic rings. The van der Waals surface area contributed by atoms with E-state index in [0.29, 0.717) is 11.8 Å². The smallest absolute Gasteiger partial charge is 0.0478 e. The molecule has 0 saturated heterocycles. The summed E-state index contributed by atoms with van der Waals surface area (Å²) in [5, 5.41) is 1.57. The van der Waals surface area contributed by atoms with Crippen LogP contribution in [0.4, 0.5) is 0 Å². The Balaban J connectivity index is 2.06. The van der Waals surface area contributed by atoms with Gasteiger partial charge in [0.15, 0.2) is 0 Å². The fourth-order valence-electron chi connectivity index (χ4n) is 2.47. The lowest BCUT2D eigenvalue weighted by Gasteiger charge is -2.09. The van der Waals surface area contributed by atoms with Crippen molar-refractivity contribution < 1.29 is 0 Å². The Morgan fingerprint density at radius 1 is 0.917 bits per heavy atom. The van der Waals surface area contributed by atoms with E-state index in [2.05, 4.69) is 63.3 Å². The molecule has 126 valence electrons. The summed E-state index contributed by atoms with van der Waals surface area (Å²) < 4.78 is 0. The molecule has 0 amide bonds. The first-order valence-corrected chi connectivity index (χ1v) is 9.10. The van der Waals surface area contributed by atoms with Crippen LogP contribution in [0.25, 0.3) is 12.2 Å². The van der Waals surface area contributed by atoms with Crippen LogP contribution in [0, 0.1) is 11.8 Å². The second-order valence-corrected chi connectivity index (χ2v) is 7.40. The molecule has 1 unspecified atom stereocenters. The summed E-state index contributed by atoms with van der Waals surface area (Å²) in [5.74, 6) is 0.955. The van der Waals surface area contributed by atoms with E-state index >= 15 is 0 Å². The Morgan fingerprint density at radius 3 is 2.42 bits per heavy atom. The summed E-state index contributed by atoms with van der Waals surface area (Å²) in [6.07, 6.45) is 9.63. The highest BCUT2D eigenvalue weighted by Gasteiger charge is 2.04. The van der Waals surface area contributed by atoms with E-state index in [1.165, 1.54) is 5.56 Å². The molecule has 0 nitrogen and oxygen atoms in total. The zero-order valence-corrected chi connectivity index (χ0v) is 16.0. The van der Waals surface area contributed by atoms with Crippen LogP contribution in [0.1, 0.15) is 37.5 Å². The minimum absolute atomic E-state index is 0.437. The Morgan fingerprint density at radius 2 is 1.71 bits per heavy atom. The maximum Gasteiger partial charge on any atom is 0.0478 e. The highest BCUT2D eigenvalue weighted by atomic mass is 35.5. The summed E-state index contributed by atoms with van der Waals surface area (Å²) in [5.41, 5.74) is 3.52. The third-order valence-corrected chi connectivity index (χ3v) is 4.32. The second kappa shape index (κ2) is 9.11. The molecule has 0 heterocycles. The average molecular weight is 359 g/mol. The lowest BCUT2D eigenvalue weighted by Crippen LogP contribution is -1.96. The van der Waals surface area contributed by atoms with Crippen molar-refractivity contribution in [3.05, 3.63) is 81.4 Å². The van der Waals surface area contributed by atoms with E-state index in [-0.39, 0.29) is 0 Å². The molecule has 24 heavy (non-hydrogen) atoms. The molecule has 0 N–H and O–H groups in total. The van der Waals surface area contributed by atoms with Crippen LogP contribution in [-0.2, 0) is 6.42 Å². The van der Waals surface area contributed by atoms with Crippen LogP contribution in [0.3, 0.4) is 0 Å². The molecule has 0 saturated carbocycles. The van der Waals surface area contributed by atoms with Crippen LogP contribution in [0.15, 0.2) is 54.6 Å². The van der Waals surface area contributed by atoms with Crippen LogP contribution in [0.2, 0.25) is 10.0 Å². The van der Waals surface area contributed by atoms with E-state index in [1.54, 1.807) is 0 Å². The molecule has 0 fully saturated rings. The molecule has 0 aliphatic rings. The maximum absolute atomic E-state index is 6.29. The molecule has 0 radical (unpaired) electrons. The number of hydrogen-bond donors (Lipinski definition) is 0. The zero-order valence-electron chi connectivity index (χ0n) is 14.5. The summed E-state index contributed by atoms with van der Waals surface area (Å²) >= 11 is 12.3. The Hall–Kier alpha value is -1.50. The van der Waals surface area contributed by atoms with E-state index < -0.39 is 0 Å². The topological polar surface area (TPSA) is 0 Å². The Labute approximate surface area is 155 Å². The number of rotatable bonds is 6. The predicted octanol–water partition coefficient (Wildman–Crippen LogP) is 7.55.